The van der Waals surface area contributed by atoms with Gasteiger partial charge in [-0.15, -0.1) is 11.8 Å². The van der Waals surface area contributed by atoms with Crippen LogP contribution in [0, 0.1) is 0 Å². The van der Waals surface area contributed by atoms with Gasteiger partial charge < -0.3 is 14.6 Å². The van der Waals surface area contributed by atoms with E-state index in [1.54, 1.807) is 0 Å². The molecule has 0 radical (unpaired) electrons. The summed E-state index contributed by atoms with van der Waals surface area (Å²) in [6.45, 7) is 0.215. The first-order valence-corrected chi connectivity index (χ1v) is 7.12. The molecule has 96 valence electrons. The summed E-state index contributed by atoms with van der Waals surface area (Å²) in [7, 11) is 0. The SMILES string of the molecule is CSc1c(C2(C(=O)O)CCC2)ccc2c1OCO2. The van der Waals surface area contributed by atoms with E-state index in [0.717, 1.165) is 16.9 Å². The van der Waals surface area contributed by atoms with Gasteiger partial charge in [0, 0.05) is 0 Å². The number of rotatable bonds is 3. The molecule has 4 nitrogen and oxygen atoms in total. The molecule has 0 bridgehead atoms. The first kappa shape index (κ1) is 11.7. The average molecular weight is 266 g/mol. The van der Waals surface area contributed by atoms with Crippen molar-refractivity contribution in [1.82, 2.24) is 0 Å². The Morgan fingerprint density at radius 1 is 1.39 bits per heavy atom. The highest BCUT2D eigenvalue weighted by Gasteiger charge is 2.48. The predicted molar refractivity (Wildman–Crippen MR) is 67.5 cm³/mol. The molecule has 1 saturated carbocycles. The lowest BCUT2D eigenvalue weighted by Crippen LogP contribution is -2.42. The number of aliphatic carboxylic acids is 1. The van der Waals surface area contributed by atoms with Crippen molar-refractivity contribution in [2.45, 2.75) is 29.6 Å². The van der Waals surface area contributed by atoms with Gasteiger partial charge in [0.2, 0.25) is 6.79 Å². The van der Waals surface area contributed by atoms with Gasteiger partial charge in [0.15, 0.2) is 11.5 Å². The molecule has 0 spiro atoms. The second-order valence-corrected chi connectivity index (χ2v) is 5.44. The van der Waals surface area contributed by atoms with Crippen LogP contribution in [-0.4, -0.2) is 24.1 Å². The maximum Gasteiger partial charge on any atom is 0.314 e. The summed E-state index contributed by atoms with van der Waals surface area (Å²) in [6, 6.07) is 3.70. The Morgan fingerprint density at radius 2 is 2.17 bits per heavy atom. The minimum Gasteiger partial charge on any atom is -0.481 e. The summed E-state index contributed by atoms with van der Waals surface area (Å²) in [5.74, 6) is 0.679. The lowest BCUT2D eigenvalue weighted by Gasteiger charge is -2.39. The molecule has 0 unspecified atom stereocenters. The van der Waals surface area contributed by atoms with Crippen molar-refractivity contribution in [2.24, 2.45) is 0 Å². The fourth-order valence-corrected chi connectivity index (χ4v) is 3.48. The molecule has 0 saturated heterocycles. The first-order valence-electron chi connectivity index (χ1n) is 5.89. The molecule has 5 heteroatoms. The van der Waals surface area contributed by atoms with Gasteiger partial charge in [-0.3, -0.25) is 4.79 Å². The van der Waals surface area contributed by atoms with Crippen LogP contribution in [0.25, 0.3) is 0 Å². The van der Waals surface area contributed by atoms with E-state index >= 15 is 0 Å². The third kappa shape index (κ3) is 1.43. The van der Waals surface area contributed by atoms with E-state index in [0.29, 0.717) is 24.3 Å². The van der Waals surface area contributed by atoms with Gasteiger partial charge in [-0.25, -0.2) is 0 Å². The molecule has 0 amide bonds. The molecule has 1 aromatic carbocycles. The summed E-state index contributed by atoms with van der Waals surface area (Å²) in [6.07, 6.45) is 4.31. The first-order chi connectivity index (χ1) is 8.69. The van der Waals surface area contributed by atoms with Gasteiger partial charge >= 0.3 is 5.97 Å². The number of thioether (sulfide) groups is 1. The molecular weight excluding hydrogens is 252 g/mol. The zero-order chi connectivity index (χ0) is 12.8. The highest BCUT2D eigenvalue weighted by atomic mass is 32.2. The Balaban J connectivity index is 2.15. The molecule has 0 aromatic heterocycles. The van der Waals surface area contributed by atoms with E-state index in [2.05, 4.69) is 0 Å². The Morgan fingerprint density at radius 3 is 2.72 bits per heavy atom. The van der Waals surface area contributed by atoms with E-state index in [1.165, 1.54) is 11.8 Å². The van der Waals surface area contributed by atoms with E-state index < -0.39 is 11.4 Å². The van der Waals surface area contributed by atoms with Crippen LogP contribution in [0.5, 0.6) is 11.5 Å². The minimum absolute atomic E-state index is 0.215. The van der Waals surface area contributed by atoms with Crippen LogP contribution in [0.1, 0.15) is 24.8 Å². The third-order valence-electron chi connectivity index (χ3n) is 3.83. The van der Waals surface area contributed by atoms with E-state index in [-0.39, 0.29) is 6.79 Å². The molecule has 1 heterocycles. The second-order valence-electron chi connectivity index (χ2n) is 4.62. The van der Waals surface area contributed by atoms with Gasteiger partial charge in [-0.1, -0.05) is 12.5 Å². The van der Waals surface area contributed by atoms with Crippen molar-refractivity contribution >= 4 is 17.7 Å². The van der Waals surface area contributed by atoms with Crippen molar-refractivity contribution in [3.8, 4) is 11.5 Å². The average Bonchev–Trinajstić information content (AvgIpc) is 2.74. The molecule has 3 rings (SSSR count). The number of hydrogen-bond acceptors (Lipinski definition) is 4. The second kappa shape index (κ2) is 4.09. The molecule has 1 aliphatic heterocycles. The highest BCUT2D eigenvalue weighted by molar-refractivity contribution is 7.98. The molecule has 2 aliphatic rings. The van der Waals surface area contributed by atoms with Crippen LogP contribution in [0.4, 0.5) is 0 Å². The van der Waals surface area contributed by atoms with Crippen LogP contribution in [0.15, 0.2) is 17.0 Å². The highest BCUT2D eigenvalue weighted by Crippen LogP contribution is 2.52. The largest absolute Gasteiger partial charge is 0.481 e. The predicted octanol–water partition coefficient (Wildman–Crippen LogP) is 2.64. The quantitative estimate of drug-likeness (QED) is 0.852. The number of hydrogen-bond donors (Lipinski definition) is 1. The zero-order valence-corrected chi connectivity index (χ0v) is 10.9. The van der Waals surface area contributed by atoms with E-state index in [4.69, 9.17) is 9.47 Å². The number of carbonyl (C=O) groups is 1. The normalized spacial score (nSPS) is 19.4. The van der Waals surface area contributed by atoms with Crippen LogP contribution < -0.4 is 9.47 Å². The summed E-state index contributed by atoms with van der Waals surface area (Å²) >= 11 is 1.53. The van der Waals surface area contributed by atoms with Gasteiger partial charge in [-0.2, -0.15) is 0 Å². The third-order valence-corrected chi connectivity index (χ3v) is 4.64. The summed E-state index contributed by atoms with van der Waals surface area (Å²) < 4.78 is 10.8. The number of fused-ring (bicyclic) bond motifs is 1. The van der Waals surface area contributed by atoms with Gasteiger partial charge in [0.05, 0.1) is 10.3 Å². The summed E-state index contributed by atoms with van der Waals surface area (Å²) in [5, 5.41) is 9.52. The Bertz CT molecular complexity index is 508. The fourth-order valence-electron chi connectivity index (χ4n) is 2.66. The van der Waals surface area contributed by atoms with Crippen LogP contribution >= 0.6 is 11.8 Å². The molecule has 1 aliphatic carbocycles. The van der Waals surface area contributed by atoms with Crippen molar-refractivity contribution in [1.29, 1.82) is 0 Å². The minimum atomic E-state index is -0.733. The number of benzene rings is 1. The van der Waals surface area contributed by atoms with Crippen molar-refractivity contribution in [2.75, 3.05) is 13.0 Å². The smallest absolute Gasteiger partial charge is 0.314 e. The zero-order valence-electron chi connectivity index (χ0n) is 10.1. The maximum absolute atomic E-state index is 11.6. The van der Waals surface area contributed by atoms with E-state index in [1.807, 2.05) is 18.4 Å². The van der Waals surface area contributed by atoms with Crippen molar-refractivity contribution in [3.63, 3.8) is 0 Å². The Hall–Kier alpha value is -1.36. The van der Waals surface area contributed by atoms with Crippen LogP contribution in [0.3, 0.4) is 0 Å². The standard InChI is InChI=1S/C13H14O4S/c1-18-11-8(13(12(14)15)5-2-6-13)3-4-9-10(11)17-7-16-9/h3-4H,2,5-7H2,1H3,(H,14,15). The Labute approximate surface area is 109 Å². The Kier molecular flexibility index (Phi) is 2.66. The number of carboxylic acid groups (broad SMARTS) is 1. The topological polar surface area (TPSA) is 55.8 Å². The lowest BCUT2D eigenvalue weighted by atomic mass is 9.64. The fraction of sp³-hybridized carbons (Fsp3) is 0.462. The monoisotopic (exact) mass is 266 g/mol. The van der Waals surface area contributed by atoms with Gasteiger partial charge in [-0.05, 0) is 30.7 Å². The molecular formula is C13H14O4S. The van der Waals surface area contributed by atoms with Gasteiger partial charge in [0.25, 0.3) is 0 Å². The number of ether oxygens (including phenoxy) is 2. The molecule has 0 atom stereocenters. The molecule has 18 heavy (non-hydrogen) atoms. The maximum atomic E-state index is 11.6. The van der Waals surface area contributed by atoms with Crippen LogP contribution in [0.2, 0.25) is 0 Å². The lowest BCUT2D eigenvalue weighted by molar-refractivity contribution is -0.147. The van der Waals surface area contributed by atoms with Gasteiger partial charge in [0.1, 0.15) is 0 Å². The summed E-state index contributed by atoms with van der Waals surface area (Å²) in [5.41, 5.74) is 0.150. The number of carboxylic acids is 1. The summed E-state index contributed by atoms with van der Waals surface area (Å²) in [4.78, 5) is 12.5. The van der Waals surface area contributed by atoms with Crippen molar-refractivity contribution in [3.05, 3.63) is 17.7 Å². The molecule has 1 fully saturated rings. The van der Waals surface area contributed by atoms with E-state index in [9.17, 15) is 9.90 Å². The molecule has 1 aromatic rings. The molecule has 1 N–H and O–H groups in total. The van der Waals surface area contributed by atoms with Crippen molar-refractivity contribution < 1.29 is 19.4 Å². The van der Waals surface area contributed by atoms with Crippen LogP contribution in [-0.2, 0) is 10.2 Å².